The first-order chi connectivity index (χ1) is 35.7. The Morgan fingerprint density at radius 3 is 1.49 bits per heavy atom. The van der Waals surface area contributed by atoms with Gasteiger partial charge in [-0.2, -0.15) is 0 Å². The zero-order valence-corrected chi connectivity index (χ0v) is 42.3. The van der Waals surface area contributed by atoms with Gasteiger partial charge in [-0.3, -0.25) is 0 Å². The molecule has 348 valence electrons. The van der Waals surface area contributed by atoms with Gasteiger partial charge in [-0.1, -0.05) is 191 Å². The maximum absolute atomic E-state index is 2.58. The minimum Gasteiger partial charge on any atom is -0.314 e. The van der Waals surface area contributed by atoms with Crippen molar-refractivity contribution < 1.29 is 0 Å². The third-order valence-electron chi connectivity index (χ3n) is 16.9. The highest BCUT2D eigenvalue weighted by Crippen LogP contribution is 2.54. The maximum atomic E-state index is 2.58. The molecule has 0 saturated heterocycles. The first-order valence-electron chi connectivity index (χ1n) is 25.9. The molecule has 3 heteroatoms. The highest BCUT2D eigenvalue weighted by atomic mass is 32.1. The topological polar surface area (TPSA) is 6.48 Å². The van der Waals surface area contributed by atoms with Gasteiger partial charge in [-0.05, 0) is 145 Å². The van der Waals surface area contributed by atoms with Gasteiger partial charge >= 0.3 is 0 Å². The molecular weight excluding hydrogens is 901 g/mol. The van der Waals surface area contributed by atoms with E-state index in [4.69, 9.17) is 0 Å². The van der Waals surface area contributed by atoms with Crippen molar-refractivity contribution in [1.82, 2.24) is 0 Å². The summed E-state index contributed by atoms with van der Waals surface area (Å²) in [4.78, 5) is 5.09. The minimum absolute atomic E-state index is 0.112. The molecule has 0 spiro atoms. The molecule has 1 heterocycles. The largest absolute Gasteiger partial charge is 0.314 e. The van der Waals surface area contributed by atoms with Gasteiger partial charge in [-0.15, -0.1) is 11.3 Å². The van der Waals surface area contributed by atoms with E-state index < -0.39 is 0 Å². The summed E-state index contributed by atoms with van der Waals surface area (Å²) in [6.07, 6.45) is 4.40. The lowest BCUT2D eigenvalue weighted by Gasteiger charge is -2.33. The van der Waals surface area contributed by atoms with Crippen LogP contribution in [0.15, 0.2) is 218 Å². The molecule has 73 heavy (non-hydrogen) atoms. The van der Waals surface area contributed by atoms with Crippen LogP contribution in [-0.2, 0) is 17.3 Å². The van der Waals surface area contributed by atoms with E-state index in [2.05, 4.69) is 256 Å². The first-order valence-corrected chi connectivity index (χ1v) is 26.7. The molecule has 12 aromatic rings. The molecule has 2 nitrogen and oxygen atoms in total. The van der Waals surface area contributed by atoms with Crippen molar-refractivity contribution in [3.8, 4) is 22.3 Å². The van der Waals surface area contributed by atoms with Gasteiger partial charge in [0.1, 0.15) is 0 Å². The van der Waals surface area contributed by atoms with Crippen molar-refractivity contribution in [2.24, 2.45) is 0 Å². The van der Waals surface area contributed by atoms with E-state index in [1.165, 1.54) is 137 Å². The molecule has 0 unspecified atom stereocenters. The SMILES string of the molecule is CC1(C)c2ccccc2-c2ccc(N(C3=Cc4c(c5sc6cc(N(c7ccc8c(c7)C(C)(C)c7ccccc7-8)c7cccc8ccccc78)ccc6c5c5ccccc45)CC3)c3cccc4ccccc34)cc21. The molecular formula is C70H52N2S. The second-order valence-electron chi connectivity index (χ2n) is 21.5. The molecule has 0 atom stereocenters. The molecule has 11 aromatic carbocycles. The van der Waals surface area contributed by atoms with Crippen molar-refractivity contribution in [2.75, 3.05) is 9.80 Å². The second-order valence-corrected chi connectivity index (χ2v) is 22.6. The van der Waals surface area contributed by atoms with Gasteiger partial charge in [0.2, 0.25) is 0 Å². The Balaban J connectivity index is 0.915. The molecule has 0 bridgehead atoms. The molecule has 3 aliphatic rings. The van der Waals surface area contributed by atoms with Gasteiger partial charge in [0.15, 0.2) is 0 Å². The molecule has 15 rings (SSSR count). The molecule has 0 aliphatic heterocycles. The van der Waals surface area contributed by atoms with Crippen molar-refractivity contribution >= 4 is 98.3 Å². The van der Waals surface area contributed by atoms with Gasteiger partial charge in [0.05, 0.1) is 11.4 Å². The van der Waals surface area contributed by atoms with Crippen LogP contribution in [0.5, 0.6) is 0 Å². The standard InChI is InChI=1S/C70H52N2S/c1-69(2)60-27-13-11-24-52(60)54-35-31-46(40-62(54)69)71(64-29-15-19-43-17-5-7-21-49(43)64)45-33-37-57-59(39-45)51-23-9-10-26-56(51)67-58-38-34-48(42-66(58)73-68(57)67)72(65-30-16-20-44-18-6-8-22-50(44)65)47-32-36-55-53-25-12-14-28-61(53)70(3,4)63(55)41-47/h5-32,34-36,38-42H,33,37H2,1-4H3. The van der Waals surface area contributed by atoms with Crippen LogP contribution in [0.25, 0.3) is 80.8 Å². The number of hydrogen-bond acceptors (Lipinski definition) is 3. The number of rotatable bonds is 6. The van der Waals surface area contributed by atoms with Crippen LogP contribution in [0.2, 0.25) is 0 Å². The third-order valence-corrected chi connectivity index (χ3v) is 18.1. The zero-order valence-electron chi connectivity index (χ0n) is 41.5. The minimum atomic E-state index is -0.118. The lowest BCUT2D eigenvalue weighted by Crippen LogP contribution is -2.21. The quantitative estimate of drug-likeness (QED) is 0.164. The predicted octanol–water partition coefficient (Wildman–Crippen LogP) is 19.7. The van der Waals surface area contributed by atoms with Gasteiger partial charge < -0.3 is 9.80 Å². The Morgan fingerprint density at radius 1 is 0.384 bits per heavy atom. The Bertz CT molecular complexity index is 4340. The summed E-state index contributed by atoms with van der Waals surface area (Å²) in [7, 11) is 0. The Hall–Kier alpha value is -8.24. The van der Waals surface area contributed by atoms with Crippen molar-refractivity contribution in [3.63, 3.8) is 0 Å². The molecule has 0 radical (unpaired) electrons. The van der Waals surface area contributed by atoms with Crippen LogP contribution in [0.3, 0.4) is 0 Å². The number of fused-ring (bicyclic) bond motifs is 16. The number of nitrogens with zero attached hydrogens (tertiary/aromatic N) is 2. The number of allylic oxidation sites excluding steroid dienone is 1. The summed E-state index contributed by atoms with van der Waals surface area (Å²) in [6.45, 7) is 9.53. The molecule has 0 saturated carbocycles. The molecule has 3 aliphatic carbocycles. The molecule has 0 N–H and O–H groups in total. The summed E-state index contributed by atoms with van der Waals surface area (Å²) in [5.74, 6) is 0. The van der Waals surface area contributed by atoms with Crippen molar-refractivity contribution in [2.45, 2.75) is 51.4 Å². The van der Waals surface area contributed by atoms with E-state index in [0.29, 0.717) is 0 Å². The summed E-state index contributed by atoms with van der Waals surface area (Å²) < 4.78 is 2.71. The fourth-order valence-electron chi connectivity index (χ4n) is 13.4. The van der Waals surface area contributed by atoms with E-state index in [1.807, 2.05) is 11.3 Å². The lowest BCUT2D eigenvalue weighted by molar-refractivity contribution is 0.660. The number of hydrogen-bond donors (Lipinski definition) is 0. The van der Waals surface area contributed by atoms with Gasteiger partial charge in [0.25, 0.3) is 0 Å². The lowest BCUT2D eigenvalue weighted by atomic mass is 9.82. The van der Waals surface area contributed by atoms with Crippen LogP contribution in [0.1, 0.15) is 67.5 Å². The summed E-state index contributed by atoms with van der Waals surface area (Å²) >= 11 is 1.97. The molecule has 0 fully saturated rings. The smallest absolute Gasteiger partial charge is 0.0540 e. The van der Waals surface area contributed by atoms with E-state index in [9.17, 15) is 0 Å². The number of anilines is 5. The van der Waals surface area contributed by atoms with Crippen LogP contribution in [0, 0.1) is 0 Å². The number of benzene rings is 11. The Morgan fingerprint density at radius 2 is 0.863 bits per heavy atom. The fourth-order valence-corrected chi connectivity index (χ4v) is 14.7. The third kappa shape index (κ3) is 6.16. The van der Waals surface area contributed by atoms with E-state index >= 15 is 0 Å². The first kappa shape index (κ1) is 42.4. The number of aryl methyl sites for hydroxylation is 1. The average Bonchev–Trinajstić information content (AvgIpc) is 4.01. The monoisotopic (exact) mass is 952 g/mol. The van der Waals surface area contributed by atoms with Crippen LogP contribution in [-0.4, -0.2) is 0 Å². The van der Waals surface area contributed by atoms with Crippen LogP contribution < -0.4 is 9.80 Å². The Labute approximate surface area is 430 Å². The van der Waals surface area contributed by atoms with Crippen LogP contribution in [0.4, 0.5) is 28.4 Å². The van der Waals surface area contributed by atoms with Crippen LogP contribution >= 0.6 is 11.3 Å². The predicted molar refractivity (Wildman–Crippen MR) is 313 cm³/mol. The Kier molecular flexibility index (Phi) is 9.09. The average molecular weight is 953 g/mol. The summed E-state index contributed by atoms with van der Waals surface area (Å²) in [6, 6.07) is 79.9. The summed E-state index contributed by atoms with van der Waals surface area (Å²) in [5, 5.41) is 10.3. The highest BCUT2D eigenvalue weighted by molar-refractivity contribution is 7.26. The fraction of sp³-hybridized carbons (Fsp3) is 0.114. The number of thiophene rings is 1. The normalized spacial score (nSPS) is 14.8. The zero-order chi connectivity index (χ0) is 48.7. The second kappa shape index (κ2) is 15.6. The summed E-state index contributed by atoms with van der Waals surface area (Å²) in [5.41, 5.74) is 20.7. The van der Waals surface area contributed by atoms with E-state index in [-0.39, 0.29) is 10.8 Å². The van der Waals surface area contributed by atoms with Crippen molar-refractivity contribution in [3.05, 3.63) is 251 Å². The highest BCUT2D eigenvalue weighted by Gasteiger charge is 2.38. The van der Waals surface area contributed by atoms with Crippen molar-refractivity contribution in [1.29, 1.82) is 0 Å². The van der Waals surface area contributed by atoms with Gasteiger partial charge in [0, 0.05) is 64.5 Å². The molecule has 1 aromatic heterocycles. The maximum Gasteiger partial charge on any atom is 0.0540 e. The molecule has 0 amide bonds. The van der Waals surface area contributed by atoms with E-state index in [1.54, 1.807) is 0 Å². The van der Waals surface area contributed by atoms with E-state index in [0.717, 1.165) is 18.5 Å². The van der Waals surface area contributed by atoms with Gasteiger partial charge in [-0.25, -0.2) is 0 Å².